The average molecular weight is 671 g/mol. The summed E-state index contributed by atoms with van der Waals surface area (Å²) in [6.07, 6.45) is 0. The Morgan fingerprint density at radius 3 is 1.45 bits per heavy atom. The second kappa shape index (κ2) is 10.8. The molecule has 3 heterocycles. The van der Waals surface area contributed by atoms with Gasteiger partial charge in [-0.15, -0.1) is 0 Å². The van der Waals surface area contributed by atoms with E-state index in [4.69, 9.17) is 0 Å². The second-order valence-electron chi connectivity index (χ2n) is 14.4. The molecule has 0 saturated carbocycles. The maximum absolute atomic E-state index is 2.64. The monoisotopic (exact) mass is 670 g/mol. The first-order chi connectivity index (χ1) is 26.3. The summed E-state index contributed by atoms with van der Waals surface area (Å²) in [5.41, 5.74) is 19.0. The molecule has 0 radical (unpaired) electrons. The van der Waals surface area contributed by atoms with Crippen LogP contribution in [0.25, 0.3) is 66.1 Å². The third-order valence-electron chi connectivity index (χ3n) is 11.8. The molecule has 0 N–H and O–H groups in total. The summed E-state index contributed by atoms with van der Waals surface area (Å²) in [6, 6.07) is 69.8. The number of nitrogens with zero attached hydrogens (tertiary/aromatic N) is 2. The molecule has 53 heavy (non-hydrogen) atoms. The Morgan fingerprint density at radius 1 is 0.302 bits per heavy atom. The molecule has 3 heteroatoms. The molecule has 0 aliphatic carbocycles. The molecule has 3 aliphatic rings. The molecule has 0 spiro atoms. The highest BCUT2D eigenvalue weighted by Crippen LogP contribution is 2.53. The summed E-state index contributed by atoms with van der Waals surface area (Å²) in [4.78, 5) is 5.20. The fourth-order valence-electron chi connectivity index (χ4n) is 9.50. The number of benzene rings is 9. The van der Waals surface area contributed by atoms with Crippen molar-refractivity contribution in [3.8, 4) is 44.5 Å². The summed E-state index contributed by atoms with van der Waals surface area (Å²) < 4.78 is 0. The van der Waals surface area contributed by atoms with E-state index in [1.54, 1.807) is 0 Å². The Morgan fingerprint density at radius 2 is 0.830 bits per heavy atom. The maximum Gasteiger partial charge on any atom is 0.333 e. The molecule has 0 amide bonds. The van der Waals surface area contributed by atoms with Gasteiger partial charge in [0.15, 0.2) is 0 Å². The summed E-state index contributed by atoms with van der Waals surface area (Å²) in [6.45, 7) is 0.0320. The van der Waals surface area contributed by atoms with Crippen molar-refractivity contribution in [2.75, 3.05) is 9.71 Å². The zero-order chi connectivity index (χ0) is 34.6. The van der Waals surface area contributed by atoms with Crippen LogP contribution < -0.4 is 20.6 Å². The first-order valence-electron chi connectivity index (χ1n) is 18.5. The maximum atomic E-state index is 2.64. The van der Waals surface area contributed by atoms with Crippen LogP contribution in [0.4, 0.5) is 28.4 Å². The quantitative estimate of drug-likeness (QED) is 0.136. The number of hydrogen-bond acceptors (Lipinski definition) is 2. The fraction of sp³-hybridized carbons (Fsp3) is 0. The first-order valence-corrected chi connectivity index (χ1v) is 18.5. The summed E-state index contributed by atoms with van der Waals surface area (Å²) in [5, 5.41) is 5.07. The minimum atomic E-state index is 0.0320. The Balaban J connectivity index is 1.19. The van der Waals surface area contributed by atoms with E-state index < -0.39 is 0 Å². The minimum absolute atomic E-state index is 0.0320. The van der Waals surface area contributed by atoms with E-state index >= 15 is 0 Å². The van der Waals surface area contributed by atoms with E-state index in [-0.39, 0.29) is 6.85 Å². The van der Waals surface area contributed by atoms with Crippen LogP contribution in [0.5, 0.6) is 0 Å². The van der Waals surface area contributed by atoms with E-state index in [1.165, 1.54) is 105 Å². The molecule has 244 valence electrons. The highest BCUT2D eigenvalue weighted by atomic mass is 15.2. The van der Waals surface area contributed by atoms with Gasteiger partial charge in [-0.3, -0.25) is 0 Å². The van der Waals surface area contributed by atoms with Gasteiger partial charge in [-0.1, -0.05) is 146 Å². The lowest BCUT2D eigenvalue weighted by Gasteiger charge is -2.49. The molecule has 0 saturated heterocycles. The molecular formula is C50H31BN2. The first kappa shape index (κ1) is 28.8. The fourth-order valence-corrected chi connectivity index (χ4v) is 9.50. The number of fused-ring (bicyclic) bond motifs is 9. The Hall–Kier alpha value is -6.84. The van der Waals surface area contributed by atoms with Gasteiger partial charge in [0.2, 0.25) is 0 Å². The standard InChI is InChI=1S/C50H31BN2/c1-3-12-32(13-4-1)35-25-28-45-42(30-35)40-19-10-22-47-49(40)51-50-41(43-31-36(26-29-46(43)53(45)51)33-14-5-2-6-15-33)20-11-23-48(50)52(47)44-21-9-18-38-37-17-8-7-16-34(37)24-27-39(38)44/h1-31H. The van der Waals surface area contributed by atoms with E-state index in [1.807, 2.05) is 0 Å². The van der Waals surface area contributed by atoms with Crippen LogP contribution in [0.3, 0.4) is 0 Å². The smallest absolute Gasteiger partial charge is 0.333 e. The van der Waals surface area contributed by atoms with Crippen molar-refractivity contribution in [1.82, 2.24) is 0 Å². The van der Waals surface area contributed by atoms with Gasteiger partial charge in [-0.2, -0.15) is 0 Å². The van der Waals surface area contributed by atoms with Crippen LogP contribution in [0, 0.1) is 0 Å². The molecule has 0 bridgehead atoms. The lowest BCUT2D eigenvalue weighted by Crippen LogP contribution is -2.63. The SMILES string of the molecule is c1ccc(-c2ccc3c(c2)-c2cccc4c2B2c5c(cccc5N4c4cccc5c4ccc4ccccc45)-c4cc(-c5ccccc5)ccc4N23)cc1. The lowest BCUT2D eigenvalue weighted by atomic mass is 9.41. The van der Waals surface area contributed by atoms with Crippen LogP contribution in [-0.4, -0.2) is 6.85 Å². The van der Waals surface area contributed by atoms with Crippen LogP contribution in [0.2, 0.25) is 0 Å². The van der Waals surface area contributed by atoms with Crippen LogP contribution in [-0.2, 0) is 0 Å². The van der Waals surface area contributed by atoms with Crippen LogP contribution in [0.15, 0.2) is 188 Å². The molecular weight excluding hydrogens is 639 g/mol. The highest BCUT2D eigenvalue weighted by Gasteiger charge is 2.49. The van der Waals surface area contributed by atoms with Crippen molar-refractivity contribution in [1.29, 1.82) is 0 Å². The van der Waals surface area contributed by atoms with Crippen molar-refractivity contribution >= 4 is 67.8 Å². The molecule has 0 unspecified atom stereocenters. The lowest BCUT2D eigenvalue weighted by molar-refractivity contribution is 1.27. The zero-order valence-corrected chi connectivity index (χ0v) is 28.9. The van der Waals surface area contributed by atoms with Gasteiger partial charge in [0.1, 0.15) is 0 Å². The van der Waals surface area contributed by atoms with Gasteiger partial charge in [0.25, 0.3) is 0 Å². The minimum Gasteiger partial charge on any atom is -0.376 e. The highest BCUT2D eigenvalue weighted by molar-refractivity contribution is 6.95. The van der Waals surface area contributed by atoms with E-state index in [2.05, 4.69) is 198 Å². The largest absolute Gasteiger partial charge is 0.376 e. The predicted octanol–water partition coefficient (Wildman–Crippen LogP) is 12.0. The normalized spacial score (nSPS) is 13.2. The summed E-state index contributed by atoms with van der Waals surface area (Å²) in [7, 11) is 0. The molecule has 9 aromatic rings. The van der Waals surface area contributed by atoms with Gasteiger partial charge >= 0.3 is 6.85 Å². The van der Waals surface area contributed by atoms with Crippen molar-refractivity contribution in [3.05, 3.63) is 188 Å². The third-order valence-corrected chi connectivity index (χ3v) is 11.8. The van der Waals surface area contributed by atoms with E-state index in [0.717, 1.165) is 0 Å². The van der Waals surface area contributed by atoms with Gasteiger partial charge < -0.3 is 9.71 Å². The van der Waals surface area contributed by atoms with Gasteiger partial charge in [-0.25, -0.2) is 0 Å². The Labute approximate surface area is 308 Å². The van der Waals surface area contributed by atoms with Crippen molar-refractivity contribution in [3.63, 3.8) is 0 Å². The number of hydrogen-bond donors (Lipinski definition) is 0. The predicted molar refractivity (Wildman–Crippen MR) is 225 cm³/mol. The van der Waals surface area contributed by atoms with Crippen LogP contribution >= 0.6 is 0 Å². The van der Waals surface area contributed by atoms with Crippen LogP contribution in [0.1, 0.15) is 0 Å². The summed E-state index contributed by atoms with van der Waals surface area (Å²) >= 11 is 0. The topological polar surface area (TPSA) is 6.48 Å². The molecule has 0 fully saturated rings. The van der Waals surface area contributed by atoms with Crippen molar-refractivity contribution in [2.24, 2.45) is 0 Å². The third kappa shape index (κ3) is 3.99. The molecule has 12 rings (SSSR count). The Kier molecular flexibility index (Phi) is 5.89. The molecule has 0 aromatic heterocycles. The average Bonchev–Trinajstić information content (AvgIpc) is 3.24. The number of rotatable bonds is 3. The Bertz CT molecular complexity index is 2830. The second-order valence-corrected chi connectivity index (χ2v) is 14.4. The van der Waals surface area contributed by atoms with Gasteiger partial charge in [-0.05, 0) is 103 Å². The van der Waals surface area contributed by atoms with E-state index in [0.29, 0.717) is 0 Å². The molecule has 9 aromatic carbocycles. The molecule has 0 atom stereocenters. The molecule has 2 nitrogen and oxygen atoms in total. The van der Waals surface area contributed by atoms with Gasteiger partial charge in [0, 0.05) is 39.3 Å². The van der Waals surface area contributed by atoms with E-state index in [9.17, 15) is 0 Å². The van der Waals surface area contributed by atoms with Crippen molar-refractivity contribution < 1.29 is 0 Å². The summed E-state index contributed by atoms with van der Waals surface area (Å²) in [5.74, 6) is 0. The molecule has 3 aliphatic heterocycles. The number of anilines is 5. The zero-order valence-electron chi connectivity index (χ0n) is 28.9. The van der Waals surface area contributed by atoms with Gasteiger partial charge in [0.05, 0.1) is 5.69 Å². The van der Waals surface area contributed by atoms with Crippen molar-refractivity contribution in [2.45, 2.75) is 0 Å².